The highest BCUT2D eigenvalue weighted by Crippen LogP contribution is 2.02. The predicted octanol–water partition coefficient (Wildman–Crippen LogP) is 0.466. The molecule has 1 aromatic rings. The number of nitrogens with zero attached hydrogens (tertiary/aromatic N) is 2. The first-order chi connectivity index (χ1) is 7.59. The van der Waals surface area contributed by atoms with Crippen LogP contribution in [0.5, 0.6) is 0 Å². The standard InChI is InChI=1S/C11H18N4O/c1-8(2)5-10(12)11(16)14-6-9-3-4-13-7-15-9/h3-4,7-8,10H,5-6,12H2,1-2H3,(H,14,16)/t10-/m0/s1. The van der Waals surface area contributed by atoms with Gasteiger partial charge in [-0.1, -0.05) is 13.8 Å². The lowest BCUT2D eigenvalue weighted by Crippen LogP contribution is -2.41. The summed E-state index contributed by atoms with van der Waals surface area (Å²) in [6.07, 6.45) is 3.79. The van der Waals surface area contributed by atoms with Gasteiger partial charge in [-0.15, -0.1) is 0 Å². The van der Waals surface area contributed by atoms with Gasteiger partial charge < -0.3 is 11.1 Å². The Balaban J connectivity index is 2.35. The van der Waals surface area contributed by atoms with Crippen molar-refractivity contribution < 1.29 is 4.79 Å². The molecule has 1 heterocycles. The Morgan fingerprint density at radius 3 is 2.88 bits per heavy atom. The van der Waals surface area contributed by atoms with Gasteiger partial charge in [0, 0.05) is 6.20 Å². The molecule has 0 fully saturated rings. The largest absolute Gasteiger partial charge is 0.349 e. The lowest BCUT2D eigenvalue weighted by Gasteiger charge is -2.13. The molecule has 0 aliphatic rings. The first-order valence-corrected chi connectivity index (χ1v) is 5.37. The zero-order chi connectivity index (χ0) is 12.0. The van der Waals surface area contributed by atoms with Gasteiger partial charge in [-0.05, 0) is 18.4 Å². The van der Waals surface area contributed by atoms with Crippen LogP contribution < -0.4 is 11.1 Å². The number of carbonyl (C=O) groups is 1. The van der Waals surface area contributed by atoms with E-state index in [-0.39, 0.29) is 5.91 Å². The smallest absolute Gasteiger partial charge is 0.237 e. The third-order valence-corrected chi connectivity index (χ3v) is 2.15. The molecule has 0 saturated heterocycles. The average molecular weight is 222 g/mol. The molecule has 0 aromatic carbocycles. The van der Waals surface area contributed by atoms with E-state index in [1.165, 1.54) is 6.33 Å². The molecule has 0 aliphatic heterocycles. The van der Waals surface area contributed by atoms with E-state index in [2.05, 4.69) is 15.3 Å². The van der Waals surface area contributed by atoms with Crippen LogP contribution in [0.1, 0.15) is 26.0 Å². The molecule has 0 bridgehead atoms. The number of amides is 1. The fourth-order valence-electron chi connectivity index (χ4n) is 1.35. The summed E-state index contributed by atoms with van der Waals surface area (Å²) < 4.78 is 0. The van der Waals surface area contributed by atoms with Gasteiger partial charge in [-0.2, -0.15) is 0 Å². The van der Waals surface area contributed by atoms with Gasteiger partial charge in [-0.25, -0.2) is 9.97 Å². The lowest BCUT2D eigenvalue weighted by atomic mass is 10.0. The molecular formula is C11H18N4O. The number of carbonyl (C=O) groups excluding carboxylic acids is 1. The maximum atomic E-state index is 11.6. The van der Waals surface area contributed by atoms with Crippen molar-refractivity contribution in [3.05, 3.63) is 24.3 Å². The third-order valence-electron chi connectivity index (χ3n) is 2.15. The average Bonchev–Trinajstić information content (AvgIpc) is 2.26. The molecule has 88 valence electrons. The molecule has 0 unspecified atom stereocenters. The molecule has 16 heavy (non-hydrogen) atoms. The first kappa shape index (κ1) is 12.6. The van der Waals surface area contributed by atoms with Crippen LogP contribution >= 0.6 is 0 Å². The zero-order valence-electron chi connectivity index (χ0n) is 9.68. The van der Waals surface area contributed by atoms with Crippen molar-refractivity contribution in [1.82, 2.24) is 15.3 Å². The molecule has 0 spiro atoms. The summed E-state index contributed by atoms with van der Waals surface area (Å²) in [5.41, 5.74) is 6.52. The van der Waals surface area contributed by atoms with E-state index in [1.807, 2.05) is 13.8 Å². The molecule has 1 atom stereocenters. The van der Waals surface area contributed by atoms with Crippen LogP contribution in [-0.2, 0) is 11.3 Å². The van der Waals surface area contributed by atoms with E-state index in [0.29, 0.717) is 18.9 Å². The maximum absolute atomic E-state index is 11.6. The number of nitrogens with one attached hydrogen (secondary N) is 1. The van der Waals surface area contributed by atoms with Crippen molar-refractivity contribution in [2.24, 2.45) is 11.7 Å². The summed E-state index contributed by atoms with van der Waals surface area (Å²) in [6, 6.07) is 1.32. The summed E-state index contributed by atoms with van der Waals surface area (Å²) in [4.78, 5) is 19.4. The lowest BCUT2D eigenvalue weighted by molar-refractivity contribution is -0.122. The molecule has 0 saturated carbocycles. The quantitative estimate of drug-likeness (QED) is 0.758. The minimum Gasteiger partial charge on any atom is -0.349 e. The van der Waals surface area contributed by atoms with Gasteiger partial charge >= 0.3 is 0 Å². The number of hydrogen-bond acceptors (Lipinski definition) is 4. The summed E-state index contributed by atoms with van der Waals surface area (Å²) >= 11 is 0. The van der Waals surface area contributed by atoms with Gasteiger partial charge in [0.15, 0.2) is 0 Å². The monoisotopic (exact) mass is 222 g/mol. The van der Waals surface area contributed by atoms with Gasteiger partial charge in [0.05, 0.1) is 18.3 Å². The van der Waals surface area contributed by atoms with Crippen LogP contribution in [0.15, 0.2) is 18.6 Å². The van der Waals surface area contributed by atoms with Crippen LogP contribution in [0, 0.1) is 5.92 Å². The highest BCUT2D eigenvalue weighted by atomic mass is 16.2. The highest BCUT2D eigenvalue weighted by Gasteiger charge is 2.14. The highest BCUT2D eigenvalue weighted by molar-refractivity contribution is 5.81. The molecule has 0 radical (unpaired) electrons. The second kappa shape index (κ2) is 6.17. The molecule has 1 amide bonds. The molecule has 1 aromatic heterocycles. The van der Waals surface area contributed by atoms with Gasteiger partial charge in [-0.3, -0.25) is 4.79 Å². The Morgan fingerprint density at radius 2 is 2.31 bits per heavy atom. The molecule has 5 heteroatoms. The van der Waals surface area contributed by atoms with Crippen molar-refractivity contribution in [3.63, 3.8) is 0 Å². The van der Waals surface area contributed by atoms with Crippen LogP contribution in [-0.4, -0.2) is 21.9 Å². The maximum Gasteiger partial charge on any atom is 0.237 e. The Labute approximate surface area is 95.5 Å². The Kier molecular flexibility index (Phi) is 4.85. The normalized spacial score (nSPS) is 12.5. The zero-order valence-corrected chi connectivity index (χ0v) is 9.68. The summed E-state index contributed by atoms with van der Waals surface area (Å²) in [5, 5.41) is 2.75. The number of rotatable bonds is 5. The van der Waals surface area contributed by atoms with Crippen LogP contribution in [0.25, 0.3) is 0 Å². The van der Waals surface area contributed by atoms with Crippen molar-refractivity contribution in [1.29, 1.82) is 0 Å². The second-order valence-electron chi connectivity index (χ2n) is 4.15. The van der Waals surface area contributed by atoms with Crippen LogP contribution in [0.4, 0.5) is 0 Å². The third kappa shape index (κ3) is 4.35. The van der Waals surface area contributed by atoms with E-state index < -0.39 is 6.04 Å². The van der Waals surface area contributed by atoms with Crippen molar-refractivity contribution in [2.75, 3.05) is 0 Å². The topological polar surface area (TPSA) is 80.9 Å². The van der Waals surface area contributed by atoms with Gasteiger partial charge in [0.25, 0.3) is 0 Å². The van der Waals surface area contributed by atoms with E-state index in [9.17, 15) is 4.79 Å². The Bertz CT molecular complexity index is 326. The molecule has 1 rings (SSSR count). The minimum absolute atomic E-state index is 0.132. The molecular weight excluding hydrogens is 204 g/mol. The Morgan fingerprint density at radius 1 is 1.56 bits per heavy atom. The van der Waals surface area contributed by atoms with E-state index >= 15 is 0 Å². The van der Waals surface area contributed by atoms with E-state index in [0.717, 1.165) is 5.69 Å². The number of nitrogens with two attached hydrogens (primary N) is 1. The molecule has 3 N–H and O–H groups in total. The van der Waals surface area contributed by atoms with Gasteiger partial charge in [0.2, 0.25) is 5.91 Å². The van der Waals surface area contributed by atoms with Gasteiger partial charge in [0.1, 0.15) is 6.33 Å². The van der Waals surface area contributed by atoms with E-state index in [4.69, 9.17) is 5.73 Å². The molecule has 0 aliphatic carbocycles. The van der Waals surface area contributed by atoms with Crippen LogP contribution in [0.3, 0.4) is 0 Å². The summed E-state index contributed by atoms with van der Waals surface area (Å²) in [7, 11) is 0. The van der Waals surface area contributed by atoms with E-state index in [1.54, 1.807) is 12.3 Å². The Hall–Kier alpha value is -1.49. The van der Waals surface area contributed by atoms with Crippen molar-refractivity contribution in [3.8, 4) is 0 Å². The number of aromatic nitrogens is 2. The van der Waals surface area contributed by atoms with Crippen molar-refractivity contribution in [2.45, 2.75) is 32.9 Å². The first-order valence-electron chi connectivity index (χ1n) is 5.37. The summed E-state index contributed by atoms with van der Waals surface area (Å²) in [6.45, 7) is 4.47. The summed E-state index contributed by atoms with van der Waals surface area (Å²) in [5.74, 6) is 0.284. The fourth-order valence-corrected chi connectivity index (χ4v) is 1.35. The predicted molar refractivity (Wildman–Crippen MR) is 61.3 cm³/mol. The fraction of sp³-hybridized carbons (Fsp3) is 0.545. The van der Waals surface area contributed by atoms with Crippen LogP contribution in [0.2, 0.25) is 0 Å². The SMILES string of the molecule is CC(C)C[C@H](N)C(=O)NCc1ccncn1. The molecule has 5 nitrogen and oxygen atoms in total. The second-order valence-corrected chi connectivity index (χ2v) is 4.15. The number of hydrogen-bond donors (Lipinski definition) is 2. The minimum atomic E-state index is -0.443. The van der Waals surface area contributed by atoms with Crippen molar-refractivity contribution >= 4 is 5.91 Å².